The van der Waals surface area contributed by atoms with Crippen LogP contribution in [0.4, 0.5) is 0 Å². The average molecular weight is 171 g/mol. The Labute approximate surface area is 73.7 Å². The number of amides is 1. The van der Waals surface area contributed by atoms with Crippen molar-refractivity contribution in [2.24, 2.45) is 5.92 Å². The molecular formula is C9H17NO2. The van der Waals surface area contributed by atoms with Gasteiger partial charge in [0.15, 0.2) is 0 Å². The van der Waals surface area contributed by atoms with Gasteiger partial charge < -0.3 is 9.64 Å². The molecule has 3 heteroatoms. The van der Waals surface area contributed by atoms with Crippen LogP contribution in [0.3, 0.4) is 0 Å². The molecule has 70 valence electrons. The molecule has 1 heterocycles. The zero-order chi connectivity index (χ0) is 9.14. The van der Waals surface area contributed by atoms with Crippen LogP contribution in [-0.2, 0) is 9.53 Å². The molecule has 0 aromatic heterocycles. The van der Waals surface area contributed by atoms with Gasteiger partial charge in [0.1, 0.15) is 6.23 Å². The van der Waals surface area contributed by atoms with Crippen LogP contribution >= 0.6 is 0 Å². The first-order valence-electron chi connectivity index (χ1n) is 4.45. The summed E-state index contributed by atoms with van der Waals surface area (Å²) in [5.41, 5.74) is 0. The van der Waals surface area contributed by atoms with Gasteiger partial charge in [-0.25, -0.2) is 0 Å². The summed E-state index contributed by atoms with van der Waals surface area (Å²) < 4.78 is 5.24. The summed E-state index contributed by atoms with van der Waals surface area (Å²) in [6.45, 7) is 4.64. The highest BCUT2D eigenvalue weighted by Crippen LogP contribution is 2.22. The standard InChI is InChI=1S/C9H17NO2/c1-7-4-5-10(8(2)11)9(6-7)12-3/h7,9H,4-6H2,1-3H3/t7-,9+/m0/s1. The van der Waals surface area contributed by atoms with E-state index in [-0.39, 0.29) is 12.1 Å². The summed E-state index contributed by atoms with van der Waals surface area (Å²) in [5.74, 6) is 0.791. The van der Waals surface area contributed by atoms with Gasteiger partial charge in [-0.3, -0.25) is 4.79 Å². The van der Waals surface area contributed by atoms with Crippen LogP contribution in [0.15, 0.2) is 0 Å². The number of ether oxygens (including phenoxy) is 1. The lowest BCUT2D eigenvalue weighted by atomic mass is 9.97. The van der Waals surface area contributed by atoms with Crippen molar-refractivity contribution in [3.8, 4) is 0 Å². The second-order valence-corrected chi connectivity index (χ2v) is 3.53. The van der Waals surface area contributed by atoms with Gasteiger partial charge >= 0.3 is 0 Å². The van der Waals surface area contributed by atoms with E-state index in [9.17, 15) is 4.79 Å². The number of likely N-dealkylation sites (tertiary alicyclic amines) is 1. The number of hydrogen-bond acceptors (Lipinski definition) is 2. The normalized spacial score (nSPS) is 30.4. The van der Waals surface area contributed by atoms with Crippen molar-refractivity contribution in [2.75, 3.05) is 13.7 Å². The van der Waals surface area contributed by atoms with Crippen LogP contribution in [-0.4, -0.2) is 30.7 Å². The molecule has 0 aromatic rings. The molecule has 2 atom stereocenters. The second-order valence-electron chi connectivity index (χ2n) is 3.53. The number of carbonyl (C=O) groups is 1. The van der Waals surface area contributed by atoms with E-state index < -0.39 is 0 Å². The summed E-state index contributed by atoms with van der Waals surface area (Å²) in [6.07, 6.45) is 2.07. The summed E-state index contributed by atoms with van der Waals surface area (Å²) in [5, 5.41) is 0. The summed E-state index contributed by atoms with van der Waals surface area (Å²) >= 11 is 0. The van der Waals surface area contributed by atoms with Crippen LogP contribution < -0.4 is 0 Å². The minimum Gasteiger partial charge on any atom is -0.362 e. The van der Waals surface area contributed by atoms with Gasteiger partial charge in [-0.05, 0) is 18.8 Å². The largest absolute Gasteiger partial charge is 0.362 e. The fourth-order valence-electron chi connectivity index (χ4n) is 1.68. The first-order chi connectivity index (χ1) is 5.65. The highest BCUT2D eigenvalue weighted by Gasteiger charge is 2.27. The van der Waals surface area contributed by atoms with Crippen molar-refractivity contribution in [1.29, 1.82) is 0 Å². The maximum Gasteiger partial charge on any atom is 0.221 e. The van der Waals surface area contributed by atoms with E-state index in [0.717, 1.165) is 19.4 Å². The summed E-state index contributed by atoms with van der Waals surface area (Å²) in [4.78, 5) is 12.9. The topological polar surface area (TPSA) is 29.5 Å². The van der Waals surface area contributed by atoms with E-state index in [1.165, 1.54) is 0 Å². The molecule has 0 unspecified atom stereocenters. The maximum absolute atomic E-state index is 11.1. The molecule has 0 aliphatic carbocycles. The lowest BCUT2D eigenvalue weighted by molar-refractivity contribution is -0.147. The van der Waals surface area contributed by atoms with Gasteiger partial charge in [-0.2, -0.15) is 0 Å². The Balaban J connectivity index is 2.56. The third-order valence-electron chi connectivity index (χ3n) is 2.49. The third-order valence-corrected chi connectivity index (χ3v) is 2.49. The molecule has 0 aromatic carbocycles. The number of carbonyl (C=O) groups excluding carboxylic acids is 1. The van der Waals surface area contributed by atoms with Crippen molar-refractivity contribution in [1.82, 2.24) is 4.90 Å². The van der Waals surface area contributed by atoms with E-state index in [1.807, 2.05) is 0 Å². The molecule has 12 heavy (non-hydrogen) atoms. The first kappa shape index (κ1) is 9.52. The molecule has 0 bridgehead atoms. The zero-order valence-electron chi connectivity index (χ0n) is 8.04. The lowest BCUT2D eigenvalue weighted by Crippen LogP contribution is -2.45. The van der Waals surface area contributed by atoms with Crippen LogP contribution in [0, 0.1) is 5.92 Å². The van der Waals surface area contributed by atoms with Crippen molar-refractivity contribution in [2.45, 2.75) is 32.9 Å². The van der Waals surface area contributed by atoms with Crippen molar-refractivity contribution < 1.29 is 9.53 Å². The number of piperidine rings is 1. The Bertz CT molecular complexity index is 170. The van der Waals surface area contributed by atoms with E-state index in [0.29, 0.717) is 5.92 Å². The minimum absolute atomic E-state index is 0.00579. The molecule has 0 N–H and O–H groups in total. The van der Waals surface area contributed by atoms with Gasteiger partial charge in [0.05, 0.1) is 0 Å². The van der Waals surface area contributed by atoms with Gasteiger partial charge in [0, 0.05) is 20.6 Å². The third kappa shape index (κ3) is 1.97. The second kappa shape index (κ2) is 3.90. The Kier molecular flexibility index (Phi) is 3.09. The van der Waals surface area contributed by atoms with Crippen LogP contribution in [0.25, 0.3) is 0 Å². The molecular weight excluding hydrogens is 154 g/mol. The van der Waals surface area contributed by atoms with E-state index in [4.69, 9.17) is 4.74 Å². The van der Waals surface area contributed by atoms with E-state index in [2.05, 4.69) is 6.92 Å². The van der Waals surface area contributed by atoms with Crippen molar-refractivity contribution in [3.05, 3.63) is 0 Å². The molecule has 1 saturated heterocycles. The van der Waals surface area contributed by atoms with Gasteiger partial charge in [0.2, 0.25) is 5.91 Å². The fraction of sp³-hybridized carbons (Fsp3) is 0.889. The molecule has 1 fully saturated rings. The molecule has 1 aliphatic rings. The SMILES string of the molecule is CO[C@@H]1C[C@@H](C)CCN1C(C)=O. The number of rotatable bonds is 1. The molecule has 0 saturated carbocycles. The molecule has 0 radical (unpaired) electrons. The lowest BCUT2D eigenvalue weighted by Gasteiger charge is -2.36. The number of methoxy groups -OCH3 is 1. The Morgan fingerprint density at radius 1 is 1.58 bits per heavy atom. The predicted molar refractivity (Wildman–Crippen MR) is 46.6 cm³/mol. The predicted octanol–water partition coefficient (Wildman–Crippen LogP) is 1.24. The number of hydrogen-bond donors (Lipinski definition) is 0. The highest BCUT2D eigenvalue weighted by molar-refractivity contribution is 5.73. The van der Waals surface area contributed by atoms with Crippen molar-refractivity contribution in [3.63, 3.8) is 0 Å². The average Bonchev–Trinajstić information content (AvgIpc) is 2.03. The monoisotopic (exact) mass is 171 g/mol. The number of nitrogens with zero attached hydrogens (tertiary/aromatic N) is 1. The molecule has 1 rings (SSSR count). The van der Waals surface area contributed by atoms with Crippen molar-refractivity contribution >= 4 is 5.91 Å². The first-order valence-corrected chi connectivity index (χ1v) is 4.45. The molecule has 3 nitrogen and oxygen atoms in total. The fourth-order valence-corrected chi connectivity index (χ4v) is 1.68. The quantitative estimate of drug-likeness (QED) is 0.594. The maximum atomic E-state index is 11.1. The van der Waals surface area contributed by atoms with Gasteiger partial charge in [-0.15, -0.1) is 0 Å². The van der Waals surface area contributed by atoms with Gasteiger partial charge in [0.25, 0.3) is 0 Å². The molecule has 0 spiro atoms. The summed E-state index contributed by atoms with van der Waals surface area (Å²) in [6, 6.07) is 0. The van der Waals surface area contributed by atoms with Crippen LogP contribution in [0.2, 0.25) is 0 Å². The highest BCUT2D eigenvalue weighted by atomic mass is 16.5. The Morgan fingerprint density at radius 3 is 2.75 bits per heavy atom. The minimum atomic E-state index is 0.00579. The molecule has 1 aliphatic heterocycles. The van der Waals surface area contributed by atoms with Crippen LogP contribution in [0.1, 0.15) is 26.7 Å². The zero-order valence-corrected chi connectivity index (χ0v) is 8.04. The smallest absolute Gasteiger partial charge is 0.221 e. The molecule has 1 amide bonds. The van der Waals surface area contributed by atoms with Crippen LogP contribution in [0.5, 0.6) is 0 Å². The van der Waals surface area contributed by atoms with Gasteiger partial charge in [-0.1, -0.05) is 6.92 Å². The van der Waals surface area contributed by atoms with E-state index >= 15 is 0 Å². The summed E-state index contributed by atoms with van der Waals surface area (Å²) in [7, 11) is 1.67. The Morgan fingerprint density at radius 2 is 2.25 bits per heavy atom. The van der Waals surface area contributed by atoms with E-state index in [1.54, 1.807) is 18.9 Å². The Hall–Kier alpha value is -0.570.